The summed E-state index contributed by atoms with van der Waals surface area (Å²) in [6, 6.07) is 36.1. The summed E-state index contributed by atoms with van der Waals surface area (Å²) in [5.74, 6) is -1.48. The van der Waals surface area contributed by atoms with E-state index in [0.717, 1.165) is 22.3 Å². The summed E-state index contributed by atoms with van der Waals surface area (Å²) >= 11 is 0. The second-order valence-corrected chi connectivity index (χ2v) is 17.7. The van der Waals surface area contributed by atoms with Crippen molar-refractivity contribution in [3.63, 3.8) is 0 Å². The monoisotopic (exact) mass is 846 g/mol. The molecule has 4 rings (SSSR count). The van der Waals surface area contributed by atoms with Crippen LogP contribution in [0.1, 0.15) is 129 Å². The van der Waals surface area contributed by atoms with Crippen molar-refractivity contribution in [1.82, 2.24) is 19.6 Å². The van der Waals surface area contributed by atoms with Gasteiger partial charge in [0.15, 0.2) is 0 Å². The number of rotatable bonds is 18. The van der Waals surface area contributed by atoms with Crippen molar-refractivity contribution >= 4 is 29.8 Å². The third-order valence-electron chi connectivity index (χ3n) is 10.7. The van der Waals surface area contributed by atoms with E-state index < -0.39 is 47.4 Å². The average molecular weight is 847 g/mol. The fourth-order valence-electron chi connectivity index (χ4n) is 7.27. The Labute approximate surface area is 369 Å². The number of ether oxygens (including phenoxy) is 2. The van der Waals surface area contributed by atoms with E-state index in [2.05, 4.69) is 0 Å². The van der Waals surface area contributed by atoms with Gasteiger partial charge in [0.1, 0.15) is 24.3 Å². The van der Waals surface area contributed by atoms with Crippen molar-refractivity contribution in [2.45, 2.75) is 117 Å². The zero-order valence-electron chi connectivity index (χ0n) is 38.2. The van der Waals surface area contributed by atoms with Gasteiger partial charge in [-0.1, -0.05) is 121 Å². The number of carbonyl (C=O) groups is 5. The zero-order valence-corrected chi connectivity index (χ0v) is 38.2. The van der Waals surface area contributed by atoms with Crippen molar-refractivity contribution in [3.8, 4) is 0 Å². The minimum Gasteiger partial charge on any atom is -0.460 e. The van der Waals surface area contributed by atoms with Crippen LogP contribution in [0.4, 0.5) is 4.79 Å². The summed E-state index contributed by atoms with van der Waals surface area (Å²) in [6.07, 6.45) is -0.770. The summed E-state index contributed by atoms with van der Waals surface area (Å²) in [5, 5.41) is 0. The number of benzene rings is 4. The van der Waals surface area contributed by atoms with Crippen molar-refractivity contribution in [2.24, 2.45) is 0 Å². The summed E-state index contributed by atoms with van der Waals surface area (Å²) < 4.78 is 11.4. The Balaban J connectivity index is 1.67. The van der Waals surface area contributed by atoms with Gasteiger partial charge in [0.05, 0.1) is 30.6 Å². The molecule has 0 unspecified atom stereocenters. The van der Waals surface area contributed by atoms with Gasteiger partial charge >= 0.3 is 12.1 Å². The molecule has 0 spiro atoms. The smallest absolute Gasteiger partial charge is 0.411 e. The quantitative estimate of drug-likeness (QED) is 0.0916. The molecule has 0 fully saturated rings. The van der Waals surface area contributed by atoms with Crippen LogP contribution < -0.4 is 0 Å². The van der Waals surface area contributed by atoms with E-state index in [0.29, 0.717) is 0 Å². The molecule has 0 saturated heterocycles. The van der Waals surface area contributed by atoms with Gasteiger partial charge in [0.2, 0.25) is 17.7 Å². The second kappa shape index (κ2) is 22.2. The molecule has 4 amide bonds. The van der Waals surface area contributed by atoms with Crippen LogP contribution in [0, 0.1) is 0 Å². The Morgan fingerprint density at radius 1 is 0.419 bits per heavy atom. The molecule has 11 nitrogen and oxygen atoms in total. The highest BCUT2D eigenvalue weighted by Gasteiger charge is 2.34. The van der Waals surface area contributed by atoms with Gasteiger partial charge in [0, 0.05) is 19.5 Å². The molecule has 4 atom stereocenters. The van der Waals surface area contributed by atoms with Crippen LogP contribution in [-0.4, -0.2) is 86.8 Å². The average Bonchev–Trinajstić information content (AvgIpc) is 3.24. The van der Waals surface area contributed by atoms with Gasteiger partial charge in [-0.2, -0.15) is 0 Å². The summed E-state index contributed by atoms with van der Waals surface area (Å²) in [5.41, 5.74) is 1.91. The summed E-state index contributed by atoms with van der Waals surface area (Å²) in [7, 11) is 0. The predicted octanol–water partition coefficient (Wildman–Crippen LogP) is 9.88. The van der Waals surface area contributed by atoms with Crippen LogP contribution in [0.25, 0.3) is 0 Å². The lowest BCUT2D eigenvalue weighted by Crippen LogP contribution is -2.48. The van der Waals surface area contributed by atoms with Crippen molar-refractivity contribution in [2.75, 3.05) is 26.2 Å². The molecule has 11 heteroatoms. The van der Waals surface area contributed by atoms with Crippen LogP contribution in [0.3, 0.4) is 0 Å². The molecule has 0 bridgehead atoms. The minimum absolute atomic E-state index is 0.00454. The Morgan fingerprint density at radius 2 is 0.726 bits per heavy atom. The number of esters is 1. The topological polar surface area (TPSA) is 117 Å². The molecule has 0 aliphatic heterocycles. The van der Waals surface area contributed by atoms with Gasteiger partial charge in [0.25, 0.3) is 0 Å². The van der Waals surface area contributed by atoms with Gasteiger partial charge in [-0.05, 0) is 91.5 Å². The molecule has 62 heavy (non-hydrogen) atoms. The highest BCUT2D eigenvalue weighted by Crippen LogP contribution is 2.28. The fourth-order valence-corrected chi connectivity index (χ4v) is 7.27. The third kappa shape index (κ3) is 14.6. The number of hydrogen-bond acceptors (Lipinski definition) is 7. The zero-order chi connectivity index (χ0) is 45.6. The lowest BCUT2D eigenvalue weighted by molar-refractivity contribution is -0.156. The molecule has 0 radical (unpaired) electrons. The summed E-state index contributed by atoms with van der Waals surface area (Å²) in [6.45, 7) is 17.8. The molecule has 4 aromatic carbocycles. The van der Waals surface area contributed by atoms with Crippen molar-refractivity contribution in [3.05, 3.63) is 144 Å². The predicted molar refractivity (Wildman–Crippen MR) is 243 cm³/mol. The van der Waals surface area contributed by atoms with E-state index in [1.54, 1.807) is 56.2 Å². The highest BCUT2D eigenvalue weighted by molar-refractivity contribution is 5.87. The van der Waals surface area contributed by atoms with E-state index >= 15 is 0 Å². The Morgan fingerprint density at radius 3 is 1.08 bits per heavy atom. The highest BCUT2D eigenvalue weighted by atomic mass is 16.6. The van der Waals surface area contributed by atoms with Gasteiger partial charge in [-0.15, -0.1) is 0 Å². The lowest BCUT2D eigenvalue weighted by atomic mass is 10.0. The maximum absolute atomic E-state index is 14.7. The molecule has 0 aromatic heterocycles. The molecular formula is C51H66N4O7. The van der Waals surface area contributed by atoms with Crippen LogP contribution in [0.5, 0.6) is 0 Å². The molecule has 332 valence electrons. The number of amides is 4. The third-order valence-corrected chi connectivity index (χ3v) is 10.7. The van der Waals surface area contributed by atoms with Crippen LogP contribution >= 0.6 is 0 Å². The first-order valence-corrected chi connectivity index (χ1v) is 21.6. The maximum Gasteiger partial charge on any atom is 0.411 e. The van der Waals surface area contributed by atoms with E-state index in [1.165, 1.54) is 4.90 Å². The molecule has 0 N–H and O–H groups in total. The lowest BCUT2D eigenvalue weighted by Gasteiger charge is -2.37. The molecule has 0 aliphatic rings. The first-order valence-electron chi connectivity index (χ1n) is 21.6. The number of nitrogens with zero attached hydrogens (tertiary/aromatic N) is 4. The minimum atomic E-state index is -0.807. The van der Waals surface area contributed by atoms with Crippen LogP contribution in [0.15, 0.2) is 121 Å². The van der Waals surface area contributed by atoms with Gasteiger partial charge in [-0.25, -0.2) is 4.79 Å². The number of carbonyl (C=O) groups excluding carboxylic acids is 5. The van der Waals surface area contributed by atoms with Crippen molar-refractivity contribution < 1.29 is 33.4 Å². The van der Waals surface area contributed by atoms with Crippen LogP contribution in [-0.2, 0) is 28.7 Å². The largest absolute Gasteiger partial charge is 0.460 e. The normalized spacial score (nSPS) is 13.5. The van der Waals surface area contributed by atoms with Gasteiger partial charge in [-0.3, -0.25) is 24.1 Å². The van der Waals surface area contributed by atoms with E-state index in [4.69, 9.17) is 9.47 Å². The fraction of sp³-hybridized carbons (Fsp3) is 0.431. The number of hydrogen-bond donors (Lipinski definition) is 0. The Kier molecular flexibility index (Phi) is 17.5. The Bertz CT molecular complexity index is 2050. The first kappa shape index (κ1) is 48.7. The first-order chi connectivity index (χ1) is 29.3. The van der Waals surface area contributed by atoms with Crippen LogP contribution in [0.2, 0.25) is 0 Å². The molecule has 4 aromatic rings. The van der Waals surface area contributed by atoms with Crippen molar-refractivity contribution in [1.29, 1.82) is 0 Å². The van der Waals surface area contributed by atoms with E-state index in [-0.39, 0.29) is 56.7 Å². The van der Waals surface area contributed by atoms with E-state index in [9.17, 15) is 24.0 Å². The molecule has 0 saturated carbocycles. The maximum atomic E-state index is 14.7. The standard InChI is InChI=1S/C51H66N4O7/c1-37(41-23-15-11-16-24-41)52(47(58)36-55(49(60)62-51(8,9)10)40(4)44-29-21-14-22-30-44)33-31-45(56)54(39(3)43-27-19-13-20-28-43)35-46(57)53(34-32-48(59)61-50(5,6)7)38(2)42-25-17-12-18-26-42/h11-30,37-40H,31-36H2,1-10H3/t37-,38-,39-,40-/m0/s1. The van der Waals surface area contributed by atoms with Gasteiger partial charge < -0.3 is 24.2 Å². The molecule has 0 heterocycles. The summed E-state index contributed by atoms with van der Waals surface area (Å²) in [4.78, 5) is 76.9. The SMILES string of the molecule is C[C@@H](c1ccccc1)N(CCC(=O)OC(C)(C)C)C(=O)CN(C(=O)CCN(C(=O)CN(C(=O)OC(C)(C)C)[C@@H](C)c1ccccc1)[C@@H](C)c1ccccc1)[C@@H](C)c1ccccc1. The van der Waals surface area contributed by atoms with E-state index in [1.807, 2.05) is 149 Å². The second-order valence-electron chi connectivity index (χ2n) is 17.7. The Hall–Kier alpha value is -5.97. The molecule has 0 aliphatic carbocycles. The molecular weight excluding hydrogens is 781 g/mol.